The topological polar surface area (TPSA) is 18.5 Å². The van der Waals surface area contributed by atoms with Gasteiger partial charge in [-0.25, -0.2) is 0 Å². The Morgan fingerprint density at radius 3 is 2.42 bits per heavy atom. The number of hydrogen-bond acceptors (Lipinski definition) is 2. The molecular formula is C17H28O2. The monoisotopic (exact) mass is 264 g/mol. The Labute approximate surface area is 117 Å². The van der Waals surface area contributed by atoms with Gasteiger partial charge in [-0.2, -0.15) is 0 Å². The van der Waals surface area contributed by atoms with E-state index in [2.05, 4.69) is 34.6 Å². The van der Waals surface area contributed by atoms with E-state index in [0.717, 1.165) is 11.8 Å². The first kappa shape index (κ1) is 12.6. The van der Waals surface area contributed by atoms with Gasteiger partial charge in [-0.1, -0.05) is 20.8 Å². The second kappa shape index (κ2) is 3.39. The lowest BCUT2D eigenvalue weighted by Crippen LogP contribution is -2.42. The molecule has 1 saturated heterocycles. The molecule has 6 atom stereocenters. The summed E-state index contributed by atoms with van der Waals surface area (Å²) in [5, 5.41) is 0. The molecule has 4 aliphatic rings. The Morgan fingerprint density at radius 1 is 0.947 bits per heavy atom. The predicted octanol–water partition coefficient (Wildman–Crippen LogP) is 3.99. The highest BCUT2D eigenvalue weighted by molar-refractivity contribution is 5.17. The standard InChI is InChI=1S/C17H28O2/c1-10-6-7-13-15(2,3)11-8-17(10,13)9-12-14(11)19-16(4,5)18-12/h10-14H,6-9H2,1-5H3/t10-,11-,12?,13+,14?,17-/m1/s1. The minimum absolute atomic E-state index is 0.341. The van der Waals surface area contributed by atoms with Crippen molar-refractivity contribution in [2.24, 2.45) is 28.6 Å². The van der Waals surface area contributed by atoms with Gasteiger partial charge in [0.25, 0.3) is 0 Å². The van der Waals surface area contributed by atoms with Crippen LogP contribution in [0.2, 0.25) is 0 Å². The molecule has 4 fully saturated rings. The van der Waals surface area contributed by atoms with Crippen molar-refractivity contribution in [2.45, 2.75) is 78.3 Å². The van der Waals surface area contributed by atoms with Gasteiger partial charge in [-0.3, -0.25) is 0 Å². The molecule has 0 aromatic heterocycles. The quantitative estimate of drug-likeness (QED) is 0.658. The van der Waals surface area contributed by atoms with Crippen LogP contribution in [0.4, 0.5) is 0 Å². The lowest BCUT2D eigenvalue weighted by molar-refractivity contribution is -0.155. The highest BCUT2D eigenvalue weighted by Gasteiger charge is 2.69. The van der Waals surface area contributed by atoms with Crippen molar-refractivity contribution in [1.82, 2.24) is 0 Å². The van der Waals surface area contributed by atoms with E-state index >= 15 is 0 Å². The van der Waals surface area contributed by atoms with Gasteiger partial charge in [0, 0.05) is 0 Å². The number of hydrogen-bond donors (Lipinski definition) is 0. The molecule has 1 heterocycles. The Bertz CT molecular complexity index is 413. The van der Waals surface area contributed by atoms with Crippen molar-refractivity contribution < 1.29 is 9.47 Å². The molecule has 3 aliphatic carbocycles. The molecule has 0 radical (unpaired) electrons. The number of fused-ring (bicyclic) bond motifs is 3. The van der Waals surface area contributed by atoms with Crippen LogP contribution < -0.4 is 0 Å². The van der Waals surface area contributed by atoms with Crippen molar-refractivity contribution in [1.29, 1.82) is 0 Å². The first-order valence-electron chi connectivity index (χ1n) is 8.12. The van der Waals surface area contributed by atoms with Crippen molar-refractivity contribution in [3.63, 3.8) is 0 Å². The van der Waals surface area contributed by atoms with Crippen molar-refractivity contribution in [3.8, 4) is 0 Å². The third-order valence-corrected chi connectivity index (χ3v) is 7.22. The summed E-state index contributed by atoms with van der Waals surface area (Å²) in [6.45, 7) is 11.6. The second-order valence-corrected chi connectivity index (χ2v) is 8.74. The van der Waals surface area contributed by atoms with Crippen LogP contribution in [0.3, 0.4) is 0 Å². The summed E-state index contributed by atoms with van der Waals surface area (Å²) in [4.78, 5) is 0. The SMILES string of the molecule is C[C@@H]1CC[C@H]2C(C)(C)[C@@H]3C[C@@]12CC1OC(C)(C)OC13. The van der Waals surface area contributed by atoms with E-state index in [9.17, 15) is 0 Å². The van der Waals surface area contributed by atoms with Gasteiger partial charge in [0.1, 0.15) is 0 Å². The molecular weight excluding hydrogens is 236 g/mol. The zero-order valence-corrected chi connectivity index (χ0v) is 13.0. The predicted molar refractivity (Wildman–Crippen MR) is 74.7 cm³/mol. The second-order valence-electron chi connectivity index (χ2n) is 8.74. The number of ether oxygens (including phenoxy) is 2. The summed E-state index contributed by atoms with van der Waals surface area (Å²) in [6, 6.07) is 0. The zero-order valence-electron chi connectivity index (χ0n) is 13.0. The lowest BCUT2D eigenvalue weighted by atomic mass is 9.66. The van der Waals surface area contributed by atoms with Crippen LogP contribution in [0.15, 0.2) is 0 Å². The molecule has 2 nitrogen and oxygen atoms in total. The van der Waals surface area contributed by atoms with Gasteiger partial charge in [0.05, 0.1) is 12.2 Å². The minimum Gasteiger partial charge on any atom is -0.345 e. The summed E-state index contributed by atoms with van der Waals surface area (Å²) in [6.07, 6.45) is 6.15. The number of rotatable bonds is 0. The van der Waals surface area contributed by atoms with Crippen LogP contribution in [0.5, 0.6) is 0 Å². The van der Waals surface area contributed by atoms with E-state index in [1.54, 1.807) is 0 Å². The fraction of sp³-hybridized carbons (Fsp3) is 1.00. The smallest absolute Gasteiger partial charge is 0.163 e. The normalized spacial score (nSPS) is 57.0. The minimum atomic E-state index is -0.371. The van der Waals surface area contributed by atoms with Crippen LogP contribution in [0, 0.1) is 28.6 Å². The van der Waals surface area contributed by atoms with E-state index in [0.29, 0.717) is 29.0 Å². The van der Waals surface area contributed by atoms with E-state index in [1.165, 1.54) is 25.7 Å². The average Bonchev–Trinajstić information content (AvgIpc) is 2.81. The largest absolute Gasteiger partial charge is 0.345 e. The maximum absolute atomic E-state index is 6.29. The molecule has 0 N–H and O–H groups in total. The molecule has 2 bridgehead atoms. The molecule has 0 aromatic carbocycles. The summed E-state index contributed by atoms with van der Waals surface area (Å²) < 4.78 is 12.5. The van der Waals surface area contributed by atoms with Gasteiger partial charge >= 0.3 is 0 Å². The van der Waals surface area contributed by atoms with E-state index < -0.39 is 0 Å². The van der Waals surface area contributed by atoms with E-state index in [-0.39, 0.29) is 5.79 Å². The Balaban J connectivity index is 1.77. The molecule has 3 saturated carbocycles. The first-order chi connectivity index (χ1) is 8.76. The molecule has 19 heavy (non-hydrogen) atoms. The van der Waals surface area contributed by atoms with Crippen LogP contribution >= 0.6 is 0 Å². The van der Waals surface area contributed by atoms with Crippen LogP contribution in [0.1, 0.15) is 60.3 Å². The molecule has 1 spiro atoms. The third-order valence-electron chi connectivity index (χ3n) is 7.22. The van der Waals surface area contributed by atoms with Crippen LogP contribution in [-0.2, 0) is 9.47 Å². The van der Waals surface area contributed by atoms with Gasteiger partial charge in [0.15, 0.2) is 5.79 Å². The molecule has 0 amide bonds. The zero-order chi connectivity index (χ0) is 13.6. The molecule has 2 heteroatoms. The van der Waals surface area contributed by atoms with Crippen LogP contribution in [-0.4, -0.2) is 18.0 Å². The molecule has 2 unspecified atom stereocenters. The van der Waals surface area contributed by atoms with Crippen molar-refractivity contribution in [3.05, 3.63) is 0 Å². The third kappa shape index (κ3) is 1.40. The Hall–Kier alpha value is -0.0800. The highest BCUT2D eigenvalue weighted by Crippen LogP contribution is 2.72. The summed E-state index contributed by atoms with van der Waals surface area (Å²) in [5.74, 6) is 2.08. The molecule has 108 valence electrons. The Morgan fingerprint density at radius 2 is 1.68 bits per heavy atom. The molecule has 0 aromatic rings. The van der Waals surface area contributed by atoms with Gasteiger partial charge in [0.2, 0.25) is 0 Å². The van der Waals surface area contributed by atoms with Crippen molar-refractivity contribution in [2.75, 3.05) is 0 Å². The van der Waals surface area contributed by atoms with Crippen LogP contribution in [0.25, 0.3) is 0 Å². The van der Waals surface area contributed by atoms with Crippen molar-refractivity contribution >= 4 is 0 Å². The van der Waals surface area contributed by atoms with E-state index in [1.807, 2.05) is 0 Å². The average molecular weight is 264 g/mol. The van der Waals surface area contributed by atoms with Gasteiger partial charge in [-0.05, 0) is 68.1 Å². The maximum atomic E-state index is 6.29. The van der Waals surface area contributed by atoms with Gasteiger partial charge in [-0.15, -0.1) is 0 Å². The molecule has 1 aliphatic heterocycles. The maximum Gasteiger partial charge on any atom is 0.163 e. The fourth-order valence-corrected chi connectivity index (χ4v) is 6.43. The summed E-state index contributed by atoms with van der Waals surface area (Å²) in [7, 11) is 0. The lowest BCUT2D eigenvalue weighted by Gasteiger charge is -2.41. The summed E-state index contributed by atoms with van der Waals surface area (Å²) >= 11 is 0. The Kier molecular flexibility index (Phi) is 2.25. The van der Waals surface area contributed by atoms with Gasteiger partial charge < -0.3 is 9.47 Å². The summed E-state index contributed by atoms with van der Waals surface area (Å²) in [5.41, 5.74) is 0.979. The highest BCUT2D eigenvalue weighted by atomic mass is 16.8. The molecule has 4 rings (SSSR count). The van der Waals surface area contributed by atoms with E-state index in [4.69, 9.17) is 9.47 Å². The fourth-order valence-electron chi connectivity index (χ4n) is 6.43. The first-order valence-corrected chi connectivity index (χ1v) is 8.12.